The second-order valence-electron chi connectivity index (χ2n) is 3.55. The third-order valence-electron chi connectivity index (χ3n) is 1.97. The van der Waals surface area contributed by atoms with Crippen molar-refractivity contribution in [3.05, 3.63) is 16.5 Å². The Balaban J connectivity index is 2.88. The molecule has 84 valence electrons. The topological polar surface area (TPSA) is 49.2 Å². The highest BCUT2D eigenvalue weighted by molar-refractivity contribution is 9.10. The molecule has 0 aliphatic heterocycles. The number of hydrogen-bond acceptors (Lipinski definition) is 4. The van der Waals surface area contributed by atoms with Gasteiger partial charge in [0.25, 0.3) is 0 Å². The van der Waals surface area contributed by atoms with Crippen molar-refractivity contribution in [2.24, 2.45) is 0 Å². The van der Waals surface area contributed by atoms with E-state index in [1.54, 1.807) is 6.92 Å². The maximum atomic E-state index is 9.28. The van der Waals surface area contributed by atoms with Gasteiger partial charge in [0.1, 0.15) is 16.2 Å². The molecule has 0 amide bonds. The van der Waals surface area contributed by atoms with Gasteiger partial charge in [0, 0.05) is 26.1 Å². The van der Waals surface area contributed by atoms with E-state index in [1.807, 2.05) is 24.9 Å². The third kappa shape index (κ3) is 3.76. The number of aliphatic hydroxyl groups excluding tert-OH is 1. The number of nitrogens with zero attached hydrogens (tertiary/aromatic N) is 3. The summed E-state index contributed by atoms with van der Waals surface area (Å²) in [5.41, 5.74) is 0. The molecule has 1 unspecified atom stereocenters. The van der Waals surface area contributed by atoms with Crippen LogP contribution in [-0.2, 0) is 6.42 Å². The van der Waals surface area contributed by atoms with Crippen LogP contribution < -0.4 is 4.90 Å². The average molecular weight is 274 g/mol. The van der Waals surface area contributed by atoms with Gasteiger partial charge in [0.05, 0.1) is 6.10 Å². The number of likely N-dealkylation sites (N-methyl/N-ethyl adjacent to an activating group) is 1. The molecule has 1 aromatic heterocycles. The molecule has 0 spiro atoms. The first-order valence-electron chi connectivity index (χ1n) is 4.95. The van der Waals surface area contributed by atoms with Gasteiger partial charge >= 0.3 is 0 Å². The monoisotopic (exact) mass is 273 g/mol. The predicted molar refractivity (Wildman–Crippen MR) is 64.1 cm³/mol. The summed E-state index contributed by atoms with van der Waals surface area (Å²) >= 11 is 3.35. The molecule has 0 saturated carbocycles. The zero-order valence-corrected chi connectivity index (χ0v) is 10.8. The van der Waals surface area contributed by atoms with Crippen LogP contribution in [0.25, 0.3) is 0 Å². The fourth-order valence-corrected chi connectivity index (χ4v) is 1.70. The van der Waals surface area contributed by atoms with Crippen LogP contribution in [0.1, 0.15) is 19.7 Å². The van der Waals surface area contributed by atoms with Gasteiger partial charge in [0.15, 0.2) is 0 Å². The van der Waals surface area contributed by atoms with Crippen LogP contribution in [-0.4, -0.2) is 34.8 Å². The number of aromatic nitrogens is 2. The van der Waals surface area contributed by atoms with Gasteiger partial charge in [-0.05, 0) is 22.9 Å². The molecule has 0 radical (unpaired) electrons. The molecular formula is C10H16BrN3O. The molecule has 0 bridgehead atoms. The number of rotatable bonds is 4. The summed E-state index contributed by atoms with van der Waals surface area (Å²) < 4.78 is 0.779. The molecule has 5 heteroatoms. The largest absolute Gasteiger partial charge is 0.392 e. The van der Waals surface area contributed by atoms with Crippen LogP contribution >= 0.6 is 15.9 Å². The summed E-state index contributed by atoms with van der Waals surface area (Å²) in [5.74, 6) is 1.63. The van der Waals surface area contributed by atoms with Gasteiger partial charge < -0.3 is 10.0 Å². The first kappa shape index (κ1) is 12.4. The molecule has 15 heavy (non-hydrogen) atoms. The van der Waals surface area contributed by atoms with Crippen molar-refractivity contribution in [2.75, 3.05) is 18.5 Å². The van der Waals surface area contributed by atoms with Gasteiger partial charge in [-0.2, -0.15) is 0 Å². The fraction of sp³-hybridized carbons (Fsp3) is 0.600. The smallest absolute Gasteiger partial charge is 0.133 e. The quantitative estimate of drug-likeness (QED) is 0.848. The fourth-order valence-electron chi connectivity index (χ4n) is 1.30. The number of aryl methyl sites for hydroxylation is 1. The summed E-state index contributed by atoms with van der Waals surface area (Å²) in [4.78, 5) is 10.5. The van der Waals surface area contributed by atoms with E-state index in [1.165, 1.54) is 0 Å². The van der Waals surface area contributed by atoms with Crippen LogP contribution in [0.15, 0.2) is 10.7 Å². The van der Waals surface area contributed by atoms with Crippen molar-refractivity contribution in [1.29, 1.82) is 0 Å². The lowest BCUT2D eigenvalue weighted by atomic mass is 10.3. The minimum atomic E-state index is -0.367. The number of aliphatic hydroxyl groups is 1. The van der Waals surface area contributed by atoms with Crippen LogP contribution in [0, 0.1) is 0 Å². The third-order valence-corrected chi connectivity index (χ3v) is 2.38. The molecule has 1 aromatic rings. The van der Waals surface area contributed by atoms with Crippen molar-refractivity contribution in [3.8, 4) is 0 Å². The highest BCUT2D eigenvalue weighted by Crippen LogP contribution is 2.15. The van der Waals surface area contributed by atoms with E-state index < -0.39 is 0 Å². The SMILES string of the molecule is CCc1nc(Br)cc(N(C)CC(C)O)n1. The van der Waals surface area contributed by atoms with Crippen molar-refractivity contribution >= 4 is 21.7 Å². The molecule has 1 heterocycles. The lowest BCUT2D eigenvalue weighted by Crippen LogP contribution is -2.27. The summed E-state index contributed by atoms with van der Waals surface area (Å²) in [6.07, 6.45) is 0.434. The Morgan fingerprint density at radius 1 is 1.53 bits per heavy atom. The molecule has 1 atom stereocenters. The van der Waals surface area contributed by atoms with Gasteiger partial charge in [-0.25, -0.2) is 9.97 Å². The van der Waals surface area contributed by atoms with E-state index in [-0.39, 0.29) is 6.10 Å². The van der Waals surface area contributed by atoms with Crippen molar-refractivity contribution in [1.82, 2.24) is 9.97 Å². The van der Waals surface area contributed by atoms with Crippen molar-refractivity contribution in [2.45, 2.75) is 26.4 Å². The molecule has 0 aliphatic carbocycles. The Bertz CT molecular complexity index is 330. The Hall–Kier alpha value is -0.680. The highest BCUT2D eigenvalue weighted by Gasteiger charge is 2.08. The molecular weight excluding hydrogens is 258 g/mol. The van der Waals surface area contributed by atoms with Crippen LogP contribution in [0.2, 0.25) is 0 Å². The van der Waals surface area contributed by atoms with Crippen molar-refractivity contribution < 1.29 is 5.11 Å². The molecule has 0 aliphatic rings. The lowest BCUT2D eigenvalue weighted by molar-refractivity contribution is 0.201. The predicted octanol–water partition coefficient (Wildman–Crippen LogP) is 1.62. The Labute approximate surface area is 98.5 Å². The van der Waals surface area contributed by atoms with E-state index >= 15 is 0 Å². The molecule has 0 aromatic carbocycles. The Morgan fingerprint density at radius 3 is 2.73 bits per heavy atom. The molecule has 1 N–H and O–H groups in total. The molecule has 0 saturated heterocycles. The summed E-state index contributed by atoms with van der Waals surface area (Å²) in [6.45, 7) is 4.33. The van der Waals surface area contributed by atoms with E-state index in [0.29, 0.717) is 6.54 Å². The Morgan fingerprint density at radius 2 is 2.20 bits per heavy atom. The molecule has 1 rings (SSSR count). The molecule has 0 fully saturated rings. The first-order chi connectivity index (χ1) is 7.02. The van der Waals surface area contributed by atoms with Gasteiger partial charge in [0.2, 0.25) is 0 Å². The first-order valence-corrected chi connectivity index (χ1v) is 5.75. The summed E-state index contributed by atoms with van der Waals surface area (Å²) in [5, 5.41) is 9.28. The zero-order chi connectivity index (χ0) is 11.4. The van der Waals surface area contributed by atoms with E-state index in [4.69, 9.17) is 0 Å². The van der Waals surface area contributed by atoms with E-state index in [2.05, 4.69) is 25.9 Å². The lowest BCUT2D eigenvalue weighted by Gasteiger charge is -2.20. The zero-order valence-electron chi connectivity index (χ0n) is 9.24. The standard InChI is InChI=1S/C10H16BrN3O/c1-4-9-12-8(11)5-10(13-9)14(3)6-7(2)15/h5,7,15H,4,6H2,1-3H3. The maximum Gasteiger partial charge on any atom is 0.133 e. The van der Waals surface area contributed by atoms with Crippen LogP contribution in [0.3, 0.4) is 0 Å². The second-order valence-corrected chi connectivity index (χ2v) is 4.36. The van der Waals surface area contributed by atoms with Gasteiger partial charge in [-0.15, -0.1) is 0 Å². The highest BCUT2D eigenvalue weighted by atomic mass is 79.9. The Kier molecular flexibility index (Phi) is 4.47. The summed E-state index contributed by atoms with van der Waals surface area (Å²) in [7, 11) is 1.90. The molecule has 4 nitrogen and oxygen atoms in total. The number of halogens is 1. The summed E-state index contributed by atoms with van der Waals surface area (Å²) in [6, 6.07) is 1.85. The van der Waals surface area contributed by atoms with E-state index in [0.717, 1.165) is 22.7 Å². The second kappa shape index (κ2) is 5.42. The van der Waals surface area contributed by atoms with Gasteiger partial charge in [-0.1, -0.05) is 6.92 Å². The number of hydrogen-bond donors (Lipinski definition) is 1. The normalized spacial score (nSPS) is 12.6. The van der Waals surface area contributed by atoms with Crippen LogP contribution in [0.5, 0.6) is 0 Å². The van der Waals surface area contributed by atoms with Gasteiger partial charge in [-0.3, -0.25) is 0 Å². The minimum Gasteiger partial charge on any atom is -0.392 e. The van der Waals surface area contributed by atoms with Crippen LogP contribution in [0.4, 0.5) is 5.82 Å². The number of anilines is 1. The van der Waals surface area contributed by atoms with E-state index in [9.17, 15) is 5.11 Å². The average Bonchev–Trinajstić information content (AvgIpc) is 2.15. The maximum absolute atomic E-state index is 9.28. The minimum absolute atomic E-state index is 0.367. The van der Waals surface area contributed by atoms with Crippen molar-refractivity contribution in [3.63, 3.8) is 0 Å².